The number of aliphatic carboxylic acids is 1. The first-order valence-electron chi connectivity index (χ1n) is 10.8. The highest BCUT2D eigenvalue weighted by molar-refractivity contribution is 6.04. The summed E-state index contributed by atoms with van der Waals surface area (Å²) in [4.78, 5) is 28.4. The van der Waals surface area contributed by atoms with Crippen LogP contribution in [0.2, 0.25) is 0 Å². The van der Waals surface area contributed by atoms with Gasteiger partial charge in [-0.05, 0) is 35.2 Å². The number of carbonyl (C=O) groups excluding carboxylic acids is 1. The summed E-state index contributed by atoms with van der Waals surface area (Å²) in [6.45, 7) is 4.32. The molecule has 0 aliphatic carbocycles. The molecule has 1 atom stereocenters. The minimum absolute atomic E-state index is 0.192. The SMILES string of the molecule is CC(C)(C)C(NC(=O)c1ccc2ccc(C(F)(F)F)nc2c1OCc1ccc(C(F)(F)F)cc1)C(=O)O. The highest BCUT2D eigenvalue weighted by atomic mass is 19.4. The average molecular weight is 528 g/mol. The van der Waals surface area contributed by atoms with E-state index in [1.54, 1.807) is 20.8 Å². The predicted molar refractivity (Wildman–Crippen MR) is 121 cm³/mol. The smallest absolute Gasteiger partial charge is 0.433 e. The third-order valence-electron chi connectivity index (χ3n) is 5.40. The van der Waals surface area contributed by atoms with Crippen molar-refractivity contribution in [2.45, 2.75) is 45.8 Å². The summed E-state index contributed by atoms with van der Waals surface area (Å²) in [6.07, 6.45) is -9.37. The topological polar surface area (TPSA) is 88.5 Å². The van der Waals surface area contributed by atoms with Gasteiger partial charge in [-0.15, -0.1) is 0 Å². The zero-order valence-corrected chi connectivity index (χ0v) is 19.8. The van der Waals surface area contributed by atoms with Gasteiger partial charge in [-0.2, -0.15) is 26.3 Å². The summed E-state index contributed by atoms with van der Waals surface area (Å²) in [5.41, 5.74) is -3.45. The molecule has 6 nitrogen and oxygen atoms in total. The summed E-state index contributed by atoms with van der Waals surface area (Å²) in [5.74, 6) is -2.64. The fourth-order valence-corrected chi connectivity index (χ4v) is 3.45. The van der Waals surface area contributed by atoms with E-state index >= 15 is 0 Å². The average Bonchev–Trinajstić information content (AvgIpc) is 2.78. The van der Waals surface area contributed by atoms with Crippen LogP contribution >= 0.6 is 0 Å². The molecule has 37 heavy (non-hydrogen) atoms. The number of pyridine rings is 1. The Morgan fingerprint density at radius 1 is 0.919 bits per heavy atom. The second-order valence-electron chi connectivity index (χ2n) is 9.30. The van der Waals surface area contributed by atoms with Gasteiger partial charge in [-0.25, -0.2) is 9.78 Å². The summed E-state index contributed by atoms with van der Waals surface area (Å²) in [5, 5.41) is 12.1. The molecule has 0 saturated heterocycles. The zero-order valence-electron chi connectivity index (χ0n) is 19.8. The van der Waals surface area contributed by atoms with Crippen LogP contribution in [0.15, 0.2) is 48.5 Å². The summed E-state index contributed by atoms with van der Waals surface area (Å²) < 4.78 is 84.2. The molecule has 12 heteroatoms. The van der Waals surface area contributed by atoms with Gasteiger partial charge >= 0.3 is 18.3 Å². The van der Waals surface area contributed by atoms with Gasteiger partial charge < -0.3 is 15.2 Å². The molecule has 3 rings (SSSR count). The summed E-state index contributed by atoms with van der Waals surface area (Å²) >= 11 is 0. The van der Waals surface area contributed by atoms with E-state index in [1.807, 2.05) is 0 Å². The Kier molecular flexibility index (Phi) is 7.43. The summed E-state index contributed by atoms with van der Waals surface area (Å²) in [7, 11) is 0. The van der Waals surface area contributed by atoms with Gasteiger partial charge in [0.15, 0.2) is 5.75 Å². The van der Waals surface area contributed by atoms with E-state index in [0.29, 0.717) is 0 Å². The Labute approximate surface area is 207 Å². The second-order valence-corrected chi connectivity index (χ2v) is 9.30. The maximum absolute atomic E-state index is 13.3. The number of amides is 1. The first-order chi connectivity index (χ1) is 17.0. The van der Waals surface area contributed by atoms with Gasteiger partial charge in [0.25, 0.3) is 5.91 Å². The molecule has 1 unspecified atom stereocenters. The van der Waals surface area contributed by atoms with Crippen molar-refractivity contribution < 1.29 is 45.8 Å². The van der Waals surface area contributed by atoms with Crippen LogP contribution in [0.4, 0.5) is 26.3 Å². The Bertz CT molecular complexity index is 1310. The number of carbonyl (C=O) groups is 2. The standard InChI is InChI=1S/C25H22F6N2O4/c1-23(2,3)20(22(35)36)33-21(34)16-10-6-14-7-11-17(25(29,30)31)32-18(14)19(16)37-12-13-4-8-15(9-5-13)24(26,27)28/h4-11,20H,12H2,1-3H3,(H,33,34)(H,35,36). The van der Waals surface area contributed by atoms with E-state index in [-0.39, 0.29) is 27.8 Å². The minimum atomic E-state index is -4.81. The highest BCUT2D eigenvalue weighted by Gasteiger charge is 2.35. The van der Waals surface area contributed by atoms with E-state index in [1.165, 1.54) is 12.1 Å². The molecule has 198 valence electrons. The van der Waals surface area contributed by atoms with Crippen molar-refractivity contribution in [1.82, 2.24) is 10.3 Å². The fourth-order valence-electron chi connectivity index (χ4n) is 3.45. The normalized spacial score (nSPS) is 13.3. The molecule has 0 aliphatic rings. The Balaban J connectivity index is 2.07. The van der Waals surface area contributed by atoms with Gasteiger partial charge in [0.2, 0.25) is 0 Å². The Hall–Kier alpha value is -3.83. The van der Waals surface area contributed by atoms with Crippen LogP contribution in [0.3, 0.4) is 0 Å². The lowest BCUT2D eigenvalue weighted by molar-refractivity contribution is -0.142. The molecule has 0 saturated carbocycles. The van der Waals surface area contributed by atoms with Crippen LogP contribution in [-0.4, -0.2) is 28.0 Å². The molecule has 0 aliphatic heterocycles. The molecule has 0 spiro atoms. The molecular formula is C25H22F6N2O4. The van der Waals surface area contributed by atoms with E-state index in [9.17, 15) is 41.0 Å². The van der Waals surface area contributed by atoms with Gasteiger partial charge in [-0.1, -0.05) is 45.0 Å². The van der Waals surface area contributed by atoms with Gasteiger partial charge in [0.05, 0.1) is 11.1 Å². The van der Waals surface area contributed by atoms with Crippen LogP contribution in [0.5, 0.6) is 5.75 Å². The van der Waals surface area contributed by atoms with Crippen LogP contribution < -0.4 is 10.1 Å². The van der Waals surface area contributed by atoms with Crippen LogP contribution in [0, 0.1) is 5.41 Å². The maximum atomic E-state index is 13.3. The quantitative estimate of drug-likeness (QED) is 0.379. The van der Waals surface area contributed by atoms with E-state index < -0.39 is 53.6 Å². The number of hydrogen-bond acceptors (Lipinski definition) is 4. The number of nitrogens with zero attached hydrogens (tertiary/aromatic N) is 1. The van der Waals surface area contributed by atoms with Crippen molar-refractivity contribution in [3.05, 3.63) is 70.9 Å². The molecule has 1 aromatic heterocycles. The number of carboxylic acids is 1. The monoisotopic (exact) mass is 528 g/mol. The van der Waals surface area contributed by atoms with Gasteiger partial charge in [-0.3, -0.25) is 4.79 Å². The lowest BCUT2D eigenvalue weighted by Crippen LogP contribution is -2.49. The fraction of sp³-hybridized carbons (Fsp3) is 0.320. The molecule has 1 heterocycles. The van der Waals surface area contributed by atoms with Gasteiger partial charge in [0.1, 0.15) is 23.9 Å². The largest absolute Gasteiger partial charge is 0.486 e. The first kappa shape index (κ1) is 27.8. The van der Waals surface area contributed by atoms with Crippen molar-refractivity contribution in [3.63, 3.8) is 0 Å². The Morgan fingerprint density at radius 3 is 2.03 bits per heavy atom. The van der Waals surface area contributed by atoms with Crippen molar-refractivity contribution >= 4 is 22.8 Å². The molecule has 0 fully saturated rings. The lowest BCUT2D eigenvalue weighted by atomic mass is 9.86. The van der Waals surface area contributed by atoms with Gasteiger partial charge in [0, 0.05) is 5.39 Å². The van der Waals surface area contributed by atoms with Crippen LogP contribution in [0.25, 0.3) is 10.9 Å². The molecule has 2 aromatic carbocycles. The maximum Gasteiger partial charge on any atom is 0.433 e. The van der Waals surface area contributed by atoms with Crippen LogP contribution in [0.1, 0.15) is 48.0 Å². The molecule has 2 N–H and O–H groups in total. The zero-order chi connectivity index (χ0) is 27.8. The third kappa shape index (κ3) is 6.49. The number of hydrogen-bond donors (Lipinski definition) is 2. The second kappa shape index (κ2) is 9.91. The van der Waals surface area contributed by atoms with E-state index in [0.717, 1.165) is 36.4 Å². The highest BCUT2D eigenvalue weighted by Crippen LogP contribution is 2.35. The van der Waals surface area contributed by atoms with Crippen LogP contribution in [-0.2, 0) is 23.8 Å². The molecule has 3 aromatic rings. The number of ether oxygens (including phenoxy) is 1. The minimum Gasteiger partial charge on any atom is -0.486 e. The first-order valence-corrected chi connectivity index (χ1v) is 10.8. The third-order valence-corrected chi connectivity index (χ3v) is 5.40. The number of halogens is 6. The molecule has 1 amide bonds. The van der Waals surface area contributed by atoms with Crippen molar-refractivity contribution in [1.29, 1.82) is 0 Å². The number of carboxylic acid groups (broad SMARTS) is 1. The van der Waals surface area contributed by atoms with Crippen molar-refractivity contribution in [2.75, 3.05) is 0 Å². The molecule has 0 radical (unpaired) electrons. The number of rotatable bonds is 6. The van der Waals surface area contributed by atoms with Crippen molar-refractivity contribution in [3.8, 4) is 5.75 Å². The molecule has 0 bridgehead atoms. The predicted octanol–water partition coefficient (Wildman–Crippen LogP) is 6.08. The number of alkyl halides is 6. The number of nitrogens with one attached hydrogen (secondary N) is 1. The van der Waals surface area contributed by atoms with Crippen molar-refractivity contribution in [2.24, 2.45) is 5.41 Å². The molecular weight excluding hydrogens is 506 g/mol. The summed E-state index contributed by atoms with van der Waals surface area (Å²) in [6, 6.07) is 6.99. The lowest BCUT2D eigenvalue weighted by Gasteiger charge is -2.28. The number of benzene rings is 2. The van der Waals surface area contributed by atoms with E-state index in [4.69, 9.17) is 4.74 Å². The number of fused-ring (bicyclic) bond motifs is 1. The number of aromatic nitrogens is 1. The Morgan fingerprint density at radius 2 is 1.51 bits per heavy atom. The van der Waals surface area contributed by atoms with E-state index in [2.05, 4.69) is 10.3 Å².